The van der Waals surface area contributed by atoms with Crippen molar-refractivity contribution < 1.29 is 13.2 Å². The van der Waals surface area contributed by atoms with E-state index in [1.54, 1.807) is 0 Å². The molecule has 0 aliphatic carbocycles. The molecule has 6 heteroatoms. The third-order valence-electron chi connectivity index (χ3n) is 5.98. The van der Waals surface area contributed by atoms with Crippen molar-refractivity contribution in [1.29, 1.82) is 0 Å². The van der Waals surface area contributed by atoms with Crippen molar-refractivity contribution >= 4 is 21.6 Å². The maximum atomic E-state index is 12.7. The van der Waals surface area contributed by atoms with Gasteiger partial charge in [-0.05, 0) is 74.3 Å². The van der Waals surface area contributed by atoms with Crippen molar-refractivity contribution in [2.45, 2.75) is 46.0 Å². The fourth-order valence-electron chi connectivity index (χ4n) is 4.45. The molecule has 1 aliphatic rings. The molecule has 3 rings (SSSR count). The Balaban J connectivity index is 1.49. The van der Waals surface area contributed by atoms with Crippen molar-refractivity contribution in [1.82, 2.24) is 4.90 Å². The van der Waals surface area contributed by atoms with Crippen LogP contribution in [0.1, 0.15) is 42.4 Å². The highest BCUT2D eigenvalue weighted by Gasteiger charge is 2.24. The molecule has 1 heterocycles. The van der Waals surface area contributed by atoms with Gasteiger partial charge in [0.15, 0.2) is 0 Å². The van der Waals surface area contributed by atoms with E-state index in [2.05, 4.69) is 24.3 Å². The van der Waals surface area contributed by atoms with Gasteiger partial charge >= 0.3 is 0 Å². The lowest BCUT2D eigenvalue weighted by molar-refractivity contribution is -0.132. The quantitative estimate of drug-likeness (QED) is 0.611. The number of carbonyl (C=O) groups excluding carboxylic acids is 1. The van der Waals surface area contributed by atoms with Crippen LogP contribution in [0.5, 0.6) is 0 Å². The van der Waals surface area contributed by atoms with Crippen LogP contribution in [0.2, 0.25) is 0 Å². The summed E-state index contributed by atoms with van der Waals surface area (Å²) in [6.45, 7) is 5.83. The number of rotatable bonds is 8. The third-order valence-corrected chi connectivity index (χ3v) is 7.18. The normalized spacial score (nSPS) is 15.1. The number of likely N-dealkylation sites (tertiary alicyclic amines) is 1. The number of hydrogen-bond donors (Lipinski definition) is 0. The van der Waals surface area contributed by atoms with E-state index in [4.69, 9.17) is 0 Å². The van der Waals surface area contributed by atoms with Gasteiger partial charge in [-0.15, -0.1) is 0 Å². The Hall–Kier alpha value is -2.34. The molecule has 0 radical (unpaired) electrons. The maximum Gasteiger partial charge on any atom is 0.232 e. The van der Waals surface area contributed by atoms with Crippen molar-refractivity contribution in [3.8, 4) is 0 Å². The van der Waals surface area contributed by atoms with E-state index in [-0.39, 0.29) is 5.91 Å². The molecule has 2 aromatic carbocycles. The number of hydrogen-bond acceptors (Lipinski definition) is 3. The van der Waals surface area contributed by atoms with Gasteiger partial charge in [-0.25, -0.2) is 8.42 Å². The van der Waals surface area contributed by atoms with Crippen molar-refractivity contribution in [3.05, 3.63) is 65.2 Å². The molecule has 0 spiro atoms. The first kappa shape index (κ1) is 23.3. The van der Waals surface area contributed by atoms with Crippen LogP contribution in [0.3, 0.4) is 0 Å². The lowest BCUT2D eigenvalue weighted by Gasteiger charge is -2.32. The van der Waals surface area contributed by atoms with Gasteiger partial charge in [0.05, 0.1) is 11.9 Å². The van der Waals surface area contributed by atoms with Gasteiger partial charge in [-0.1, -0.05) is 36.4 Å². The molecule has 1 amide bonds. The smallest absolute Gasteiger partial charge is 0.232 e. The van der Waals surface area contributed by atoms with E-state index < -0.39 is 10.0 Å². The van der Waals surface area contributed by atoms with Gasteiger partial charge in [0.1, 0.15) is 0 Å². The van der Waals surface area contributed by atoms with Crippen LogP contribution in [0.4, 0.5) is 5.69 Å². The van der Waals surface area contributed by atoms with Crippen molar-refractivity contribution in [2.75, 3.05) is 30.2 Å². The lowest BCUT2D eigenvalue weighted by Crippen LogP contribution is -2.39. The number of nitrogens with zero attached hydrogens (tertiary/aromatic N) is 2. The summed E-state index contributed by atoms with van der Waals surface area (Å²) >= 11 is 0. The van der Waals surface area contributed by atoms with Gasteiger partial charge in [0.2, 0.25) is 15.9 Å². The molecule has 0 saturated carbocycles. The minimum Gasteiger partial charge on any atom is -0.343 e. The Labute approximate surface area is 187 Å². The monoisotopic (exact) mass is 442 g/mol. The van der Waals surface area contributed by atoms with Crippen molar-refractivity contribution in [2.24, 2.45) is 5.92 Å². The summed E-state index contributed by atoms with van der Waals surface area (Å²) in [5.74, 6) is 0.753. The summed E-state index contributed by atoms with van der Waals surface area (Å²) in [7, 11) is -3.40. The number of carbonyl (C=O) groups is 1. The highest BCUT2D eigenvalue weighted by atomic mass is 32.2. The average Bonchev–Trinajstić information content (AvgIpc) is 2.70. The summed E-state index contributed by atoms with van der Waals surface area (Å²) in [5.41, 5.74) is 4.09. The first-order chi connectivity index (χ1) is 14.7. The highest BCUT2D eigenvalue weighted by Crippen LogP contribution is 2.24. The summed E-state index contributed by atoms with van der Waals surface area (Å²) in [4.78, 5) is 14.6. The Morgan fingerprint density at radius 2 is 1.65 bits per heavy atom. The van der Waals surface area contributed by atoms with Crippen LogP contribution in [0.25, 0.3) is 0 Å². The molecule has 2 aromatic rings. The number of aryl methyl sites for hydroxylation is 2. The fraction of sp³-hybridized carbons (Fsp3) is 0.480. The Morgan fingerprint density at radius 1 is 1.03 bits per heavy atom. The second-order valence-corrected chi connectivity index (χ2v) is 10.7. The van der Waals surface area contributed by atoms with Crippen LogP contribution in [-0.2, 0) is 21.2 Å². The first-order valence-electron chi connectivity index (χ1n) is 11.1. The lowest BCUT2D eigenvalue weighted by atomic mass is 9.90. The molecular formula is C25H34N2O3S. The van der Waals surface area contributed by atoms with Crippen LogP contribution in [0.15, 0.2) is 48.5 Å². The molecule has 0 aromatic heterocycles. The van der Waals surface area contributed by atoms with E-state index in [0.717, 1.165) is 43.5 Å². The number of piperidine rings is 1. The van der Waals surface area contributed by atoms with Crippen molar-refractivity contribution in [3.63, 3.8) is 0 Å². The molecule has 1 saturated heterocycles. The van der Waals surface area contributed by atoms with E-state index in [9.17, 15) is 13.2 Å². The van der Waals surface area contributed by atoms with E-state index in [0.29, 0.717) is 31.0 Å². The maximum absolute atomic E-state index is 12.7. The van der Waals surface area contributed by atoms with Gasteiger partial charge in [-0.2, -0.15) is 0 Å². The predicted molar refractivity (Wildman–Crippen MR) is 127 cm³/mol. The van der Waals surface area contributed by atoms with Crippen LogP contribution in [0, 0.1) is 19.8 Å². The molecule has 1 fully saturated rings. The molecule has 31 heavy (non-hydrogen) atoms. The standard InChI is InChI=1S/C25H34N2O3S/c1-20-16-21(2)18-24(17-20)27(31(3,29)30)13-7-10-25(28)26-14-11-23(12-15-26)19-22-8-5-4-6-9-22/h4-6,8-9,16-18,23H,7,10-15,19H2,1-3H3. The largest absolute Gasteiger partial charge is 0.343 e. The first-order valence-corrected chi connectivity index (χ1v) is 12.9. The average molecular weight is 443 g/mol. The molecule has 0 unspecified atom stereocenters. The molecule has 0 bridgehead atoms. The van der Waals surface area contributed by atoms with Crippen LogP contribution < -0.4 is 4.31 Å². The summed E-state index contributed by atoms with van der Waals surface area (Å²) < 4.78 is 26.1. The SMILES string of the molecule is Cc1cc(C)cc(N(CCCC(=O)N2CCC(Cc3ccccc3)CC2)S(C)(=O)=O)c1. The number of sulfonamides is 1. The molecular weight excluding hydrogens is 408 g/mol. The molecule has 1 aliphatic heterocycles. The topological polar surface area (TPSA) is 57.7 Å². The second-order valence-electron chi connectivity index (χ2n) is 8.80. The van der Waals surface area contributed by atoms with Gasteiger partial charge in [0.25, 0.3) is 0 Å². The zero-order chi connectivity index (χ0) is 22.4. The zero-order valence-corrected chi connectivity index (χ0v) is 19.7. The van der Waals surface area contributed by atoms with Gasteiger partial charge in [0, 0.05) is 26.1 Å². The fourth-order valence-corrected chi connectivity index (χ4v) is 5.40. The summed E-state index contributed by atoms with van der Waals surface area (Å²) in [6, 6.07) is 16.3. The molecule has 0 N–H and O–H groups in total. The summed E-state index contributed by atoms with van der Waals surface area (Å²) in [5, 5.41) is 0. The minimum atomic E-state index is -3.40. The molecule has 168 valence electrons. The minimum absolute atomic E-state index is 0.132. The molecule has 5 nitrogen and oxygen atoms in total. The highest BCUT2D eigenvalue weighted by molar-refractivity contribution is 7.92. The zero-order valence-electron chi connectivity index (χ0n) is 18.9. The number of anilines is 1. The van der Waals surface area contributed by atoms with Gasteiger partial charge < -0.3 is 4.90 Å². The predicted octanol–water partition coefficient (Wildman–Crippen LogP) is 4.33. The summed E-state index contributed by atoms with van der Waals surface area (Å²) in [6.07, 6.45) is 5.24. The number of amides is 1. The molecule has 0 atom stereocenters. The van der Waals surface area contributed by atoms with E-state index >= 15 is 0 Å². The van der Waals surface area contributed by atoms with Gasteiger partial charge in [-0.3, -0.25) is 9.10 Å². The third kappa shape index (κ3) is 6.82. The second kappa shape index (κ2) is 10.3. The van der Waals surface area contributed by atoms with Crippen LogP contribution in [-0.4, -0.2) is 45.1 Å². The number of benzene rings is 2. The Morgan fingerprint density at radius 3 is 2.23 bits per heavy atom. The van der Waals surface area contributed by atoms with Crippen LogP contribution >= 0.6 is 0 Å². The Kier molecular flexibility index (Phi) is 7.76. The van der Waals surface area contributed by atoms with E-state index in [1.807, 2.05) is 43.0 Å². The Bertz CT molecular complexity index is 961. The van der Waals surface area contributed by atoms with E-state index in [1.165, 1.54) is 16.1 Å².